The number of aromatic nitrogens is 2. The zero-order valence-electron chi connectivity index (χ0n) is 8.20. The zero-order valence-corrected chi connectivity index (χ0v) is 8.96. The molecule has 2 aromatic heterocycles. The monoisotopic (exact) mass is 221 g/mol. The molecule has 2 aromatic rings. The van der Waals surface area contributed by atoms with E-state index in [9.17, 15) is 0 Å². The molecule has 2 rings (SSSR count). The van der Waals surface area contributed by atoms with Gasteiger partial charge in [-0.05, 0) is 24.3 Å². The van der Waals surface area contributed by atoms with Gasteiger partial charge in [-0.1, -0.05) is 11.6 Å². The number of aromatic amines is 1. The standard InChI is InChI=1S/C11H12ClN3/c12-10-4-2-6-15-11(10)8-13-7-9-3-1-5-14-9/h1-6,13-14H,7-8H2. The normalized spacial score (nSPS) is 10.5. The molecule has 2 N–H and O–H groups in total. The molecule has 4 heteroatoms. The third kappa shape index (κ3) is 2.81. The van der Waals surface area contributed by atoms with Crippen LogP contribution < -0.4 is 5.32 Å². The summed E-state index contributed by atoms with van der Waals surface area (Å²) in [5, 5.41) is 3.97. The van der Waals surface area contributed by atoms with E-state index in [4.69, 9.17) is 11.6 Å². The first-order valence-corrected chi connectivity index (χ1v) is 5.16. The molecule has 0 spiro atoms. The number of pyridine rings is 1. The Kier molecular flexibility index (Phi) is 3.37. The Labute approximate surface area is 93.5 Å². The molecule has 0 aromatic carbocycles. The summed E-state index contributed by atoms with van der Waals surface area (Å²) >= 11 is 5.97. The molecule has 15 heavy (non-hydrogen) atoms. The highest BCUT2D eigenvalue weighted by Gasteiger charge is 1.99. The van der Waals surface area contributed by atoms with Gasteiger partial charge in [0.15, 0.2) is 0 Å². The maximum Gasteiger partial charge on any atom is 0.0727 e. The molecular formula is C11H12ClN3. The first-order valence-electron chi connectivity index (χ1n) is 4.78. The largest absolute Gasteiger partial charge is 0.364 e. The summed E-state index contributed by atoms with van der Waals surface area (Å²) < 4.78 is 0. The zero-order chi connectivity index (χ0) is 10.5. The Hall–Kier alpha value is -1.32. The first-order chi connectivity index (χ1) is 7.36. The number of hydrogen-bond donors (Lipinski definition) is 2. The van der Waals surface area contributed by atoms with Gasteiger partial charge in [-0.25, -0.2) is 0 Å². The molecule has 0 amide bonds. The van der Waals surface area contributed by atoms with Gasteiger partial charge in [0.25, 0.3) is 0 Å². The quantitative estimate of drug-likeness (QED) is 0.832. The topological polar surface area (TPSA) is 40.7 Å². The van der Waals surface area contributed by atoms with Crippen molar-refractivity contribution < 1.29 is 0 Å². The van der Waals surface area contributed by atoms with Gasteiger partial charge in [-0.3, -0.25) is 4.98 Å². The molecule has 2 heterocycles. The Bertz CT molecular complexity index is 412. The minimum absolute atomic E-state index is 0.679. The smallest absolute Gasteiger partial charge is 0.0727 e. The molecule has 0 atom stereocenters. The van der Waals surface area contributed by atoms with E-state index in [0.717, 1.165) is 17.9 Å². The van der Waals surface area contributed by atoms with E-state index < -0.39 is 0 Å². The lowest BCUT2D eigenvalue weighted by molar-refractivity contribution is 0.670. The van der Waals surface area contributed by atoms with Crippen molar-refractivity contribution in [3.8, 4) is 0 Å². The van der Waals surface area contributed by atoms with E-state index in [1.807, 2.05) is 30.5 Å². The lowest BCUT2D eigenvalue weighted by Gasteiger charge is -2.04. The summed E-state index contributed by atoms with van der Waals surface area (Å²) in [6.45, 7) is 1.47. The minimum Gasteiger partial charge on any atom is -0.364 e. The van der Waals surface area contributed by atoms with Crippen molar-refractivity contribution in [2.45, 2.75) is 13.1 Å². The Morgan fingerprint density at radius 2 is 2.20 bits per heavy atom. The maximum absolute atomic E-state index is 5.97. The van der Waals surface area contributed by atoms with E-state index in [1.54, 1.807) is 6.20 Å². The number of rotatable bonds is 4. The highest BCUT2D eigenvalue weighted by atomic mass is 35.5. The molecule has 78 valence electrons. The van der Waals surface area contributed by atoms with Crippen LogP contribution in [0.3, 0.4) is 0 Å². The Morgan fingerprint density at radius 3 is 2.93 bits per heavy atom. The average molecular weight is 222 g/mol. The summed E-state index contributed by atoms with van der Waals surface area (Å²) in [5.41, 5.74) is 2.03. The molecule has 0 saturated heterocycles. The van der Waals surface area contributed by atoms with Crippen LogP contribution in [0.2, 0.25) is 5.02 Å². The van der Waals surface area contributed by atoms with Gasteiger partial charge in [0.05, 0.1) is 10.7 Å². The van der Waals surface area contributed by atoms with E-state index in [2.05, 4.69) is 15.3 Å². The molecule has 0 saturated carbocycles. The number of H-pyrrole nitrogens is 1. The van der Waals surface area contributed by atoms with Crippen molar-refractivity contribution in [1.29, 1.82) is 0 Å². The highest BCUT2D eigenvalue weighted by molar-refractivity contribution is 6.31. The van der Waals surface area contributed by atoms with Crippen LogP contribution in [0, 0.1) is 0 Å². The van der Waals surface area contributed by atoms with Crippen LogP contribution in [-0.4, -0.2) is 9.97 Å². The van der Waals surface area contributed by atoms with Gasteiger partial charge in [-0.15, -0.1) is 0 Å². The van der Waals surface area contributed by atoms with Crippen molar-refractivity contribution >= 4 is 11.6 Å². The molecular weight excluding hydrogens is 210 g/mol. The summed E-state index contributed by atoms with van der Waals surface area (Å²) in [6, 6.07) is 7.69. The van der Waals surface area contributed by atoms with Crippen molar-refractivity contribution in [2.24, 2.45) is 0 Å². The van der Waals surface area contributed by atoms with Crippen molar-refractivity contribution in [1.82, 2.24) is 15.3 Å². The molecule has 0 unspecified atom stereocenters. The van der Waals surface area contributed by atoms with E-state index in [0.29, 0.717) is 11.6 Å². The maximum atomic E-state index is 5.97. The van der Waals surface area contributed by atoms with Gasteiger partial charge in [0, 0.05) is 31.2 Å². The predicted octanol–water partition coefficient (Wildman–Crippen LogP) is 2.35. The second kappa shape index (κ2) is 4.96. The SMILES string of the molecule is Clc1cccnc1CNCc1ccc[nH]1. The number of nitrogens with one attached hydrogen (secondary N) is 2. The molecule has 0 aliphatic carbocycles. The van der Waals surface area contributed by atoms with Crippen molar-refractivity contribution in [2.75, 3.05) is 0 Å². The lowest BCUT2D eigenvalue weighted by atomic mass is 10.3. The molecule has 0 aliphatic rings. The lowest BCUT2D eigenvalue weighted by Crippen LogP contribution is -2.14. The van der Waals surface area contributed by atoms with Crippen molar-refractivity contribution in [3.05, 3.63) is 53.1 Å². The van der Waals surface area contributed by atoms with E-state index in [-0.39, 0.29) is 0 Å². The fourth-order valence-electron chi connectivity index (χ4n) is 1.34. The summed E-state index contributed by atoms with van der Waals surface area (Å²) in [4.78, 5) is 7.31. The fraction of sp³-hybridized carbons (Fsp3) is 0.182. The van der Waals surface area contributed by atoms with E-state index in [1.165, 1.54) is 0 Å². The van der Waals surface area contributed by atoms with E-state index >= 15 is 0 Å². The van der Waals surface area contributed by atoms with Crippen LogP contribution >= 0.6 is 11.6 Å². The molecule has 0 aliphatic heterocycles. The number of nitrogens with zero attached hydrogens (tertiary/aromatic N) is 1. The average Bonchev–Trinajstić information content (AvgIpc) is 2.74. The van der Waals surface area contributed by atoms with Crippen molar-refractivity contribution in [3.63, 3.8) is 0 Å². The summed E-state index contributed by atoms with van der Waals surface area (Å²) in [6.07, 6.45) is 3.66. The molecule has 0 radical (unpaired) electrons. The number of halogens is 1. The third-order valence-electron chi connectivity index (χ3n) is 2.10. The van der Waals surface area contributed by atoms with Crippen LogP contribution in [0.25, 0.3) is 0 Å². The van der Waals surface area contributed by atoms with Gasteiger partial charge in [-0.2, -0.15) is 0 Å². The third-order valence-corrected chi connectivity index (χ3v) is 2.45. The fourth-order valence-corrected chi connectivity index (χ4v) is 1.53. The first kappa shape index (κ1) is 10.2. The molecule has 0 fully saturated rings. The Balaban J connectivity index is 1.86. The molecule has 3 nitrogen and oxygen atoms in total. The van der Waals surface area contributed by atoms with Gasteiger partial charge in [0.1, 0.15) is 0 Å². The van der Waals surface area contributed by atoms with Crippen LogP contribution in [0.1, 0.15) is 11.4 Å². The minimum atomic E-state index is 0.679. The predicted molar refractivity (Wildman–Crippen MR) is 60.6 cm³/mol. The highest BCUT2D eigenvalue weighted by Crippen LogP contribution is 2.11. The second-order valence-corrected chi connectivity index (χ2v) is 3.64. The Morgan fingerprint density at radius 1 is 1.27 bits per heavy atom. The summed E-state index contributed by atoms with van der Waals surface area (Å²) in [7, 11) is 0. The summed E-state index contributed by atoms with van der Waals surface area (Å²) in [5.74, 6) is 0. The van der Waals surface area contributed by atoms with Crippen LogP contribution in [0.4, 0.5) is 0 Å². The van der Waals surface area contributed by atoms with Crippen LogP contribution in [-0.2, 0) is 13.1 Å². The van der Waals surface area contributed by atoms with Gasteiger partial charge in [0.2, 0.25) is 0 Å². The van der Waals surface area contributed by atoms with Crippen LogP contribution in [0.5, 0.6) is 0 Å². The van der Waals surface area contributed by atoms with Crippen LogP contribution in [0.15, 0.2) is 36.7 Å². The second-order valence-electron chi connectivity index (χ2n) is 3.23. The van der Waals surface area contributed by atoms with Gasteiger partial charge >= 0.3 is 0 Å². The molecule has 0 bridgehead atoms. The van der Waals surface area contributed by atoms with Gasteiger partial charge < -0.3 is 10.3 Å². The number of hydrogen-bond acceptors (Lipinski definition) is 2.